The number of fused-ring (bicyclic) bond motifs is 1. The third kappa shape index (κ3) is 3.29. The first kappa shape index (κ1) is 15.2. The Kier molecular flexibility index (Phi) is 4.23. The molecule has 0 atom stereocenters. The summed E-state index contributed by atoms with van der Waals surface area (Å²) in [6, 6.07) is 8.39. The van der Waals surface area contributed by atoms with E-state index in [1.807, 2.05) is 18.5 Å². The molecular weight excluding hydrogens is 300 g/mol. The molecule has 1 aliphatic heterocycles. The van der Waals surface area contributed by atoms with E-state index in [0.29, 0.717) is 0 Å². The molecule has 0 spiro atoms. The molecule has 3 aromatic heterocycles. The zero-order valence-electron chi connectivity index (χ0n) is 14.0. The van der Waals surface area contributed by atoms with E-state index in [2.05, 4.69) is 50.0 Å². The third-order valence-corrected chi connectivity index (χ3v) is 4.71. The second-order valence-electron chi connectivity index (χ2n) is 6.42. The van der Waals surface area contributed by atoms with Crippen molar-refractivity contribution >= 4 is 5.65 Å². The van der Waals surface area contributed by atoms with Crippen LogP contribution in [-0.4, -0.2) is 55.6 Å². The number of piperazine rings is 1. The molecule has 0 N–H and O–H groups in total. The monoisotopic (exact) mass is 322 g/mol. The fourth-order valence-corrected chi connectivity index (χ4v) is 3.22. The zero-order chi connectivity index (χ0) is 16.4. The van der Waals surface area contributed by atoms with Crippen LogP contribution >= 0.6 is 0 Å². The highest BCUT2D eigenvalue weighted by Gasteiger charge is 2.18. The number of hydrogen-bond donors (Lipinski definition) is 0. The highest BCUT2D eigenvalue weighted by atomic mass is 15.3. The summed E-state index contributed by atoms with van der Waals surface area (Å²) in [5, 5.41) is 4.14. The smallest absolute Gasteiger partial charge is 0.155 e. The second-order valence-corrected chi connectivity index (χ2v) is 6.42. The SMILES string of the molecule is Cc1cccnc1CN1CCN(Cc2ccn3ncnc3c2)CC1. The molecule has 1 saturated heterocycles. The quantitative estimate of drug-likeness (QED) is 0.732. The molecule has 0 radical (unpaired) electrons. The van der Waals surface area contributed by atoms with Crippen molar-refractivity contribution in [2.45, 2.75) is 20.0 Å². The van der Waals surface area contributed by atoms with Crippen LogP contribution in [0.3, 0.4) is 0 Å². The minimum Gasteiger partial charge on any atom is -0.297 e. The van der Waals surface area contributed by atoms with Crippen molar-refractivity contribution in [2.75, 3.05) is 26.2 Å². The Morgan fingerprint density at radius 3 is 2.58 bits per heavy atom. The molecule has 1 fully saturated rings. The maximum absolute atomic E-state index is 4.51. The second kappa shape index (κ2) is 6.67. The van der Waals surface area contributed by atoms with Gasteiger partial charge in [0.05, 0.1) is 5.69 Å². The molecule has 124 valence electrons. The number of pyridine rings is 2. The average molecular weight is 322 g/mol. The van der Waals surface area contributed by atoms with Gasteiger partial charge in [0.15, 0.2) is 5.65 Å². The number of nitrogens with zero attached hydrogens (tertiary/aromatic N) is 6. The Labute approximate surface area is 141 Å². The summed E-state index contributed by atoms with van der Waals surface area (Å²) in [7, 11) is 0. The fourth-order valence-electron chi connectivity index (χ4n) is 3.22. The van der Waals surface area contributed by atoms with Gasteiger partial charge in [-0.05, 0) is 36.2 Å². The molecule has 1 aliphatic rings. The van der Waals surface area contributed by atoms with Crippen LogP contribution in [0.25, 0.3) is 5.65 Å². The fraction of sp³-hybridized carbons (Fsp3) is 0.389. The van der Waals surface area contributed by atoms with Gasteiger partial charge in [0, 0.05) is 51.7 Å². The van der Waals surface area contributed by atoms with Crippen molar-refractivity contribution in [1.29, 1.82) is 0 Å². The highest BCUT2D eigenvalue weighted by molar-refractivity contribution is 5.39. The first-order valence-corrected chi connectivity index (χ1v) is 8.41. The Morgan fingerprint density at radius 2 is 1.79 bits per heavy atom. The molecule has 3 aromatic rings. The van der Waals surface area contributed by atoms with E-state index in [1.54, 1.807) is 10.8 Å². The van der Waals surface area contributed by atoms with Gasteiger partial charge < -0.3 is 0 Å². The van der Waals surface area contributed by atoms with Gasteiger partial charge in [-0.15, -0.1) is 0 Å². The summed E-state index contributed by atoms with van der Waals surface area (Å²) in [6.07, 6.45) is 5.47. The van der Waals surface area contributed by atoms with E-state index >= 15 is 0 Å². The summed E-state index contributed by atoms with van der Waals surface area (Å²) in [5.41, 5.74) is 4.69. The molecule has 0 unspecified atom stereocenters. The van der Waals surface area contributed by atoms with Crippen molar-refractivity contribution in [3.8, 4) is 0 Å². The topological polar surface area (TPSA) is 49.6 Å². The summed E-state index contributed by atoms with van der Waals surface area (Å²) < 4.78 is 1.80. The lowest BCUT2D eigenvalue weighted by Crippen LogP contribution is -2.45. The van der Waals surface area contributed by atoms with E-state index in [0.717, 1.165) is 44.9 Å². The van der Waals surface area contributed by atoms with Gasteiger partial charge in [-0.25, -0.2) is 9.50 Å². The largest absolute Gasteiger partial charge is 0.297 e. The minimum absolute atomic E-state index is 0.914. The lowest BCUT2D eigenvalue weighted by atomic mass is 10.2. The van der Waals surface area contributed by atoms with Crippen LogP contribution in [0.2, 0.25) is 0 Å². The average Bonchev–Trinajstić information content (AvgIpc) is 3.06. The standard InChI is InChI=1S/C18H22N6/c1-15-3-2-5-19-17(15)13-23-9-7-22(8-10-23)12-16-4-6-24-18(11-16)20-14-21-24/h2-6,11,14H,7-10,12-13H2,1H3. The van der Waals surface area contributed by atoms with Gasteiger partial charge in [-0.1, -0.05) is 6.07 Å². The van der Waals surface area contributed by atoms with Gasteiger partial charge in [-0.3, -0.25) is 14.8 Å². The lowest BCUT2D eigenvalue weighted by Gasteiger charge is -2.34. The maximum atomic E-state index is 4.51. The van der Waals surface area contributed by atoms with Crippen LogP contribution in [-0.2, 0) is 13.1 Å². The van der Waals surface area contributed by atoms with Gasteiger partial charge in [0.1, 0.15) is 6.33 Å². The first-order valence-electron chi connectivity index (χ1n) is 8.41. The molecule has 24 heavy (non-hydrogen) atoms. The zero-order valence-corrected chi connectivity index (χ0v) is 14.0. The normalized spacial score (nSPS) is 16.7. The lowest BCUT2D eigenvalue weighted by molar-refractivity contribution is 0.121. The Balaban J connectivity index is 1.33. The van der Waals surface area contributed by atoms with Crippen LogP contribution in [0.15, 0.2) is 43.0 Å². The molecule has 0 amide bonds. The number of rotatable bonds is 4. The molecule has 4 heterocycles. The summed E-state index contributed by atoms with van der Waals surface area (Å²) in [6.45, 7) is 8.41. The Hall–Kier alpha value is -2.31. The molecular formula is C18H22N6. The first-order chi connectivity index (χ1) is 11.8. The predicted molar refractivity (Wildman–Crippen MR) is 92.5 cm³/mol. The molecule has 4 rings (SSSR count). The summed E-state index contributed by atoms with van der Waals surface area (Å²) in [5.74, 6) is 0. The van der Waals surface area contributed by atoms with Crippen LogP contribution in [0, 0.1) is 6.92 Å². The van der Waals surface area contributed by atoms with E-state index < -0.39 is 0 Å². The predicted octanol–water partition coefficient (Wildman–Crippen LogP) is 1.75. The molecule has 0 aliphatic carbocycles. The molecule has 6 heteroatoms. The van der Waals surface area contributed by atoms with Gasteiger partial charge >= 0.3 is 0 Å². The summed E-state index contributed by atoms with van der Waals surface area (Å²) in [4.78, 5) is 13.8. The van der Waals surface area contributed by atoms with Crippen molar-refractivity contribution < 1.29 is 0 Å². The van der Waals surface area contributed by atoms with E-state index in [9.17, 15) is 0 Å². The molecule has 0 saturated carbocycles. The Bertz CT molecular complexity index is 819. The van der Waals surface area contributed by atoms with E-state index in [4.69, 9.17) is 0 Å². The third-order valence-electron chi connectivity index (χ3n) is 4.71. The van der Waals surface area contributed by atoms with Crippen molar-refractivity contribution in [1.82, 2.24) is 29.4 Å². The number of aromatic nitrogens is 4. The Morgan fingerprint density at radius 1 is 1.00 bits per heavy atom. The minimum atomic E-state index is 0.914. The van der Waals surface area contributed by atoms with Crippen molar-refractivity contribution in [3.63, 3.8) is 0 Å². The van der Waals surface area contributed by atoms with Gasteiger partial charge in [0.2, 0.25) is 0 Å². The summed E-state index contributed by atoms with van der Waals surface area (Å²) >= 11 is 0. The van der Waals surface area contributed by atoms with Gasteiger partial charge in [-0.2, -0.15) is 5.10 Å². The van der Waals surface area contributed by atoms with Gasteiger partial charge in [0.25, 0.3) is 0 Å². The van der Waals surface area contributed by atoms with E-state index in [1.165, 1.54) is 16.8 Å². The molecule has 0 aromatic carbocycles. The van der Waals surface area contributed by atoms with Crippen LogP contribution in [0.1, 0.15) is 16.8 Å². The van der Waals surface area contributed by atoms with Crippen molar-refractivity contribution in [2.24, 2.45) is 0 Å². The van der Waals surface area contributed by atoms with Crippen LogP contribution in [0.4, 0.5) is 0 Å². The molecule has 6 nitrogen and oxygen atoms in total. The van der Waals surface area contributed by atoms with Crippen LogP contribution < -0.4 is 0 Å². The van der Waals surface area contributed by atoms with E-state index in [-0.39, 0.29) is 0 Å². The number of aryl methyl sites for hydroxylation is 1. The highest BCUT2D eigenvalue weighted by Crippen LogP contribution is 2.13. The molecule has 0 bridgehead atoms. The van der Waals surface area contributed by atoms with Crippen LogP contribution in [0.5, 0.6) is 0 Å². The number of hydrogen-bond acceptors (Lipinski definition) is 5. The van der Waals surface area contributed by atoms with Crippen molar-refractivity contribution in [3.05, 3.63) is 59.8 Å². The maximum Gasteiger partial charge on any atom is 0.155 e.